The van der Waals surface area contributed by atoms with E-state index < -0.39 is 31.9 Å². The van der Waals surface area contributed by atoms with Gasteiger partial charge in [-0.05, 0) is 47.4 Å². The second-order valence-corrected chi connectivity index (χ2v) is 12.6. The molecule has 0 atom stereocenters. The zero-order valence-electron chi connectivity index (χ0n) is 22.7. The third kappa shape index (κ3) is 7.91. The minimum atomic E-state index is -4.69. The number of allylic oxidation sites excluding steroid dienone is 2. The van der Waals surface area contributed by atoms with Crippen molar-refractivity contribution in [1.82, 2.24) is 0 Å². The van der Waals surface area contributed by atoms with Gasteiger partial charge in [0.1, 0.15) is 0 Å². The molecule has 0 spiro atoms. The fraction of sp³-hybridized carbons (Fsp3) is 0.179. The van der Waals surface area contributed by atoms with Crippen molar-refractivity contribution in [2.24, 2.45) is 0 Å². The van der Waals surface area contributed by atoms with Crippen LogP contribution >= 0.6 is 11.6 Å². The second kappa shape index (κ2) is 13.3. The Bertz CT molecular complexity index is 1910. The van der Waals surface area contributed by atoms with Crippen molar-refractivity contribution in [2.45, 2.75) is 19.2 Å². The fourth-order valence-electron chi connectivity index (χ4n) is 4.49. The van der Waals surface area contributed by atoms with Gasteiger partial charge in [-0.25, -0.2) is 16.8 Å². The smallest absolute Gasteiger partial charge is 0.748 e. The van der Waals surface area contributed by atoms with Crippen molar-refractivity contribution in [3.8, 4) is 16.9 Å². The summed E-state index contributed by atoms with van der Waals surface area (Å²) in [6, 6.07) is 19.7. The summed E-state index contributed by atoms with van der Waals surface area (Å²) in [6.07, 6.45) is 3.64. The van der Waals surface area contributed by atoms with Gasteiger partial charge in [0.2, 0.25) is 17.3 Å². The van der Waals surface area contributed by atoms with Crippen molar-refractivity contribution < 1.29 is 91.0 Å². The molecule has 0 unspecified atom stereocenters. The number of rotatable bonds is 9. The molecule has 1 aliphatic rings. The van der Waals surface area contributed by atoms with Crippen LogP contribution in [0.1, 0.15) is 19.2 Å². The van der Waals surface area contributed by atoms with Crippen LogP contribution in [0.2, 0.25) is 5.02 Å². The van der Waals surface area contributed by atoms with Crippen LogP contribution in [0.3, 0.4) is 0 Å². The maximum absolute atomic E-state index is 11.7. The zero-order valence-corrected chi connectivity index (χ0v) is 28.2. The first kappa shape index (κ1) is 32.9. The van der Waals surface area contributed by atoms with Crippen LogP contribution in [0.15, 0.2) is 88.7 Å². The molecule has 14 heteroatoms. The number of benzene rings is 3. The minimum absolute atomic E-state index is 0. The summed E-state index contributed by atoms with van der Waals surface area (Å²) in [6.45, 7) is 1.69. The Kier molecular flexibility index (Phi) is 10.4. The van der Waals surface area contributed by atoms with E-state index in [4.69, 9.17) is 20.8 Å². The van der Waals surface area contributed by atoms with E-state index in [1.54, 1.807) is 35.3 Å². The van der Waals surface area contributed by atoms with Gasteiger partial charge in [-0.15, -0.1) is 4.57 Å². The topological polar surface area (TPSA) is 144 Å². The normalized spacial score (nSPS) is 14.6. The van der Waals surface area contributed by atoms with Gasteiger partial charge in [0.05, 0.1) is 27.6 Å². The van der Waals surface area contributed by atoms with Gasteiger partial charge in [0, 0.05) is 23.7 Å². The summed E-state index contributed by atoms with van der Waals surface area (Å²) in [7, 11) is -9.21. The standard InChI is InChI=1S/C28H25ClN2O8S2.K/c1-2-19(15-28-31(18-41(35,36)37)24-17-22(29)9-11-26(24)39-28)14-27-30(12-13-40(32,33)34)23-16-21(8-10-25(23)38-27)20-6-4-3-5-7-20;/h3-11,14-17H,2,12-13,18H2,1H3,(H-,32,33,34,35,36,37);/q;+1/p-1. The molecular formula is C28H24ClKN2O8S2. The number of fused-ring (bicyclic) bond motifs is 2. The molecule has 0 saturated carbocycles. The SMILES string of the molecule is CCC(/C=C1\Oc2ccc(-c3ccccc3)cc2N1CCS(=O)(=O)[O-])=C\c1oc2ccc(Cl)cc2[n+]1CS(=O)(=O)[O-].[K+]. The average Bonchev–Trinajstić information content (AvgIpc) is 3.42. The van der Waals surface area contributed by atoms with Crippen LogP contribution < -0.4 is 65.6 Å². The van der Waals surface area contributed by atoms with E-state index in [-0.39, 0.29) is 69.7 Å². The maximum Gasteiger partial charge on any atom is 1.00 e. The molecule has 0 fully saturated rings. The summed E-state index contributed by atoms with van der Waals surface area (Å²) < 4.78 is 82.8. The van der Waals surface area contributed by atoms with Gasteiger partial charge in [-0.2, -0.15) is 0 Å². The summed E-state index contributed by atoms with van der Waals surface area (Å²) in [5, 5.41) is 0.333. The Balaban J connectivity index is 0.00000405. The van der Waals surface area contributed by atoms with Crippen LogP contribution in [0.4, 0.5) is 5.69 Å². The fourth-order valence-corrected chi connectivity index (χ4v) is 5.64. The molecule has 0 saturated heterocycles. The number of anilines is 1. The van der Waals surface area contributed by atoms with E-state index in [1.165, 1.54) is 10.6 Å². The molecule has 4 aromatic rings. The first-order valence-corrected chi connectivity index (χ1v) is 16.0. The van der Waals surface area contributed by atoms with Crippen molar-refractivity contribution in [2.75, 3.05) is 17.2 Å². The Hall–Kier alpha value is -2.04. The molecule has 0 bridgehead atoms. The molecule has 0 amide bonds. The van der Waals surface area contributed by atoms with Gasteiger partial charge in [-0.1, -0.05) is 54.9 Å². The number of halogens is 1. The van der Waals surface area contributed by atoms with Crippen LogP contribution in [0.25, 0.3) is 28.3 Å². The molecule has 5 rings (SSSR count). The third-order valence-electron chi connectivity index (χ3n) is 6.41. The van der Waals surface area contributed by atoms with Crippen molar-refractivity contribution in [1.29, 1.82) is 0 Å². The number of aromatic nitrogens is 1. The van der Waals surface area contributed by atoms with E-state index in [2.05, 4.69) is 0 Å². The van der Waals surface area contributed by atoms with E-state index >= 15 is 0 Å². The number of hydrogen-bond acceptors (Lipinski definition) is 9. The molecular weight excluding hydrogens is 631 g/mol. The Morgan fingerprint density at radius 3 is 2.38 bits per heavy atom. The summed E-state index contributed by atoms with van der Waals surface area (Å²) in [5.74, 6) is -0.701. The van der Waals surface area contributed by atoms with Gasteiger partial charge >= 0.3 is 57.3 Å². The van der Waals surface area contributed by atoms with Crippen molar-refractivity contribution in [3.05, 3.63) is 95.2 Å². The van der Waals surface area contributed by atoms with E-state index in [0.717, 1.165) is 11.1 Å². The predicted octanol–water partition coefficient (Wildman–Crippen LogP) is 1.63. The largest absolute Gasteiger partial charge is 1.00 e. The van der Waals surface area contributed by atoms with Crippen LogP contribution in [0, 0.1) is 0 Å². The molecule has 1 aromatic heterocycles. The third-order valence-corrected chi connectivity index (χ3v) is 7.90. The number of ether oxygens (including phenoxy) is 1. The van der Waals surface area contributed by atoms with Gasteiger partial charge < -0.3 is 23.2 Å². The molecule has 0 radical (unpaired) electrons. The number of hydrogen-bond donors (Lipinski definition) is 0. The first-order valence-electron chi connectivity index (χ1n) is 12.5. The first-order chi connectivity index (χ1) is 19.4. The molecule has 3 aromatic carbocycles. The predicted molar refractivity (Wildman–Crippen MR) is 152 cm³/mol. The Morgan fingerprint density at radius 1 is 0.976 bits per heavy atom. The molecule has 0 N–H and O–H groups in total. The second-order valence-electron chi connectivity index (χ2n) is 9.29. The summed E-state index contributed by atoms with van der Waals surface area (Å²) >= 11 is 6.10. The molecule has 42 heavy (non-hydrogen) atoms. The molecule has 2 heterocycles. The van der Waals surface area contributed by atoms with Crippen LogP contribution in [-0.2, 0) is 26.1 Å². The number of nitrogens with zero attached hydrogens (tertiary/aromatic N) is 2. The quantitative estimate of drug-likeness (QED) is 0.149. The zero-order chi connectivity index (χ0) is 29.4. The van der Waals surface area contributed by atoms with E-state index in [0.29, 0.717) is 39.6 Å². The summed E-state index contributed by atoms with van der Waals surface area (Å²) in [4.78, 5) is 1.61. The Morgan fingerprint density at radius 2 is 1.71 bits per heavy atom. The minimum Gasteiger partial charge on any atom is -0.748 e. The molecule has 10 nitrogen and oxygen atoms in total. The van der Waals surface area contributed by atoms with Gasteiger partial charge in [0.25, 0.3) is 5.52 Å². The monoisotopic (exact) mass is 654 g/mol. The summed E-state index contributed by atoms with van der Waals surface area (Å²) in [5.41, 5.74) is 3.66. The van der Waals surface area contributed by atoms with E-state index in [9.17, 15) is 25.9 Å². The average molecular weight is 655 g/mol. The van der Waals surface area contributed by atoms with Gasteiger partial charge in [-0.3, -0.25) is 0 Å². The molecule has 1 aliphatic heterocycles. The maximum atomic E-state index is 11.7. The number of oxazole rings is 1. The molecule has 214 valence electrons. The van der Waals surface area contributed by atoms with Crippen molar-refractivity contribution in [3.63, 3.8) is 0 Å². The van der Waals surface area contributed by atoms with Crippen LogP contribution in [-0.4, -0.2) is 38.2 Å². The Labute approximate surface area is 291 Å². The van der Waals surface area contributed by atoms with Crippen molar-refractivity contribution >= 4 is 54.7 Å². The van der Waals surface area contributed by atoms with Crippen LogP contribution in [0.5, 0.6) is 5.75 Å². The van der Waals surface area contributed by atoms with Gasteiger partial charge in [0.15, 0.2) is 15.9 Å². The van der Waals surface area contributed by atoms with E-state index in [1.807, 2.05) is 49.4 Å². The molecule has 0 aliphatic carbocycles.